The first-order chi connectivity index (χ1) is 9.87. The number of nitrogens with one attached hydrogen (secondary N) is 2. The highest BCUT2D eigenvalue weighted by Crippen LogP contribution is 2.11. The lowest BCUT2D eigenvalue weighted by atomic mass is 10.1. The number of carboxylic acids is 1. The Labute approximate surface area is 122 Å². The molecule has 1 aliphatic rings. The number of benzene rings is 1. The van der Waals surface area contributed by atoms with Gasteiger partial charge < -0.3 is 10.4 Å². The van der Waals surface area contributed by atoms with Crippen molar-refractivity contribution >= 4 is 21.9 Å². The van der Waals surface area contributed by atoms with Gasteiger partial charge in [0, 0.05) is 6.54 Å². The van der Waals surface area contributed by atoms with Crippen LogP contribution in [-0.2, 0) is 20.6 Å². The molecule has 0 aliphatic carbocycles. The third kappa shape index (κ3) is 4.27. The first-order valence-corrected chi connectivity index (χ1v) is 8.12. The number of carbonyl (C=O) groups is 2. The highest BCUT2D eigenvalue weighted by molar-refractivity contribution is 7.88. The number of rotatable bonds is 5. The fourth-order valence-corrected chi connectivity index (χ4v) is 3.52. The molecule has 1 atom stereocenters. The van der Waals surface area contributed by atoms with Gasteiger partial charge in [0.15, 0.2) is 0 Å². The zero-order chi connectivity index (χ0) is 15.5. The minimum Gasteiger partial charge on any atom is -0.478 e. The van der Waals surface area contributed by atoms with E-state index in [4.69, 9.17) is 5.11 Å². The standard InChI is InChI=1S/C13H16N2O5S/c16-12-11(5-2-6-14-12)15-21(19,20)8-9-3-1-4-10(7-9)13(17)18/h1,3-4,7,11,15H,2,5-6,8H2,(H,14,16)(H,17,18). The Hall–Kier alpha value is -1.93. The van der Waals surface area contributed by atoms with E-state index in [9.17, 15) is 18.0 Å². The molecular weight excluding hydrogens is 296 g/mol. The summed E-state index contributed by atoms with van der Waals surface area (Å²) in [7, 11) is -3.71. The van der Waals surface area contributed by atoms with Crippen molar-refractivity contribution in [2.45, 2.75) is 24.6 Å². The van der Waals surface area contributed by atoms with Gasteiger partial charge in [0.1, 0.15) is 6.04 Å². The van der Waals surface area contributed by atoms with Gasteiger partial charge in [-0.2, -0.15) is 0 Å². The molecular formula is C13H16N2O5S. The van der Waals surface area contributed by atoms with Crippen LogP contribution in [0.25, 0.3) is 0 Å². The molecule has 2 rings (SSSR count). The molecule has 1 aromatic rings. The number of amides is 1. The molecule has 114 valence electrons. The average Bonchev–Trinajstić information content (AvgIpc) is 2.41. The van der Waals surface area contributed by atoms with E-state index in [2.05, 4.69) is 10.0 Å². The molecule has 0 saturated carbocycles. The SMILES string of the molecule is O=C(O)c1cccc(CS(=O)(=O)NC2CCCNC2=O)c1. The van der Waals surface area contributed by atoms with Crippen molar-refractivity contribution in [3.63, 3.8) is 0 Å². The molecule has 1 aliphatic heterocycles. The number of sulfonamides is 1. The molecule has 0 bridgehead atoms. The van der Waals surface area contributed by atoms with Crippen LogP contribution >= 0.6 is 0 Å². The van der Waals surface area contributed by atoms with Crippen molar-refractivity contribution in [2.24, 2.45) is 0 Å². The Morgan fingerprint density at radius 1 is 1.43 bits per heavy atom. The van der Waals surface area contributed by atoms with Crippen molar-refractivity contribution in [1.82, 2.24) is 10.0 Å². The van der Waals surface area contributed by atoms with Crippen LogP contribution in [-0.4, -0.2) is 38.0 Å². The van der Waals surface area contributed by atoms with E-state index in [1.54, 1.807) is 0 Å². The van der Waals surface area contributed by atoms with E-state index in [1.807, 2.05) is 0 Å². The number of hydrogen-bond acceptors (Lipinski definition) is 4. The van der Waals surface area contributed by atoms with Crippen molar-refractivity contribution in [1.29, 1.82) is 0 Å². The van der Waals surface area contributed by atoms with E-state index in [1.165, 1.54) is 24.3 Å². The summed E-state index contributed by atoms with van der Waals surface area (Å²) in [6.45, 7) is 0.553. The fourth-order valence-electron chi connectivity index (χ4n) is 2.16. The van der Waals surface area contributed by atoms with E-state index in [-0.39, 0.29) is 17.2 Å². The molecule has 21 heavy (non-hydrogen) atoms. The van der Waals surface area contributed by atoms with Gasteiger partial charge in [-0.15, -0.1) is 0 Å². The summed E-state index contributed by atoms with van der Waals surface area (Å²) >= 11 is 0. The highest BCUT2D eigenvalue weighted by atomic mass is 32.2. The lowest BCUT2D eigenvalue weighted by molar-refractivity contribution is -0.124. The zero-order valence-corrected chi connectivity index (χ0v) is 12.0. The van der Waals surface area contributed by atoms with Crippen molar-refractivity contribution in [2.75, 3.05) is 6.54 Å². The maximum Gasteiger partial charge on any atom is 0.335 e. The fraction of sp³-hybridized carbons (Fsp3) is 0.385. The third-order valence-corrected chi connectivity index (χ3v) is 4.49. The molecule has 3 N–H and O–H groups in total. The normalized spacial score (nSPS) is 19.0. The molecule has 0 aromatic heterocycles. The molecule has 1 heterocycles. The quantitative estimate of drug-likeness (QED) is 0.713. The summed E-state index contributed by atoms with van der Waals surface area (Å²) in [6.07, 6.45) is 1.17. The number of hydrogen-bond donors (Lipinski definition) is 3. The van der Waals surface area contributed by atoms with Gasteiger partial charge in [0.25, 0.3) is 0 Å². The van der Waals surface area contributed by atoms with Crippen LogP contribution in [0.3, 0.4) is 0 Å². The Kier molecular flexibility index (Phi) is 4.59. The van der Waals surface area contributed by atoms with Crippen LogP contribution in [0.5, 0.6) is 0 Å². The predicted molar refractivity (Wildman–Crippen MR) is 75.2 cm³/mol. The van der Waals surface area contributed by atoms with Crippen LogP contribution < -0.4 is 10.0 Å². The molecule has 7 nitrogen and oxygen atoms in total. The predicted octanol–water partition coefficient (Wildman–Crippen LogP) is 0.0828. The minimum absolute atomic E-state index is 0.0260. The van der Waals surface area contributed by atoms with Gasteiger partial charge in [0.05, 0.1) is 11.3 Å². The van der Waals surface area contributed by atoms with E-state index < -0.39 is 22.0 Å². The first kappa shape index (κ1) is 15.5. The third-order valence-electron chi connectivity index (χ3n) is 3.14. The largest absolute Gasteiger partial charge is 0.478 e. The minimum atomic E-state index is -3.71. The molecule has 1 amide bonds. The van der Waals surface area contributed by atoms with Crippen LogP contribution in [0.4, 0.5) is 0 Å². The maximum atomic E-state index is 12.1. The zero-order valence-electron chi connectivity index (χ0n) is 11.2. The summed E-state index contributed by atoms with van der Waals surface area (Å²) < 4.78 is 26.5. The smallest absolute Gasteiger partial charge is 0.335 e. The molecule has 0 radical (unpaired) electrons. The Morgan fingerprint density at radius 2 is 2.19 bits per heavy atom. The van der Waals surface area contributed by atoms with E-state index >= 15 is 0 Å². The molecule has 1 fully saturated rings. The summed E-state index contributed by atoms with van der Waals surface area (Å²) in [5.41, 5.74) is 0.386. The Balaban J connectivity index is 2.08. The molecule has 8 heteroatoms. The molecule has 0 spiro atoms. The van der Waals surface area contributed by atoms with Gasteiger partial charge in [0.2, 0.25) is 15.9 Å². The van der Waals surface area contributed by atoms with Crippen LogP contribution in [0.15, 0.2) is 24.3 Å². The van der Waals surface area contributed by atoms with E-state index in [0.717, 1.165) is 0 Å². The lowest BCUT2D eigenvalue weighted by Gasteiger charge is -2.22. The number of aromatic carboxylic acids is 1. The molecule has 1 saturated heterocycles. The highest BCUT2D eigenvalue weighted by Gasteiger charge is 2.26. The van der Waals surface area contributed by atoms with Crippen LogP contribution in [0, 0.1) is 0 Å². The van der Waals surface area contributed by atoms with Gasteiger partial charge >= 0.3 is 5.97 Å². The first-order valence-electron chi connectivity index (χ1n) is 6.47. The molecule has 1 aromatic carbocycles. The van der Waals surface area contributed by atoms with Crippen molar-refractivity contribution in [3.8, 4) is 0 Å². The summed E-state index contributed by atoms with van der Waals surface area (Å²) in [6, 6.07) is 4.96. The van der Waals surface area contributed by atoms with Crippen LogP contribution in [0.1, 0.15) is 28.8 Å². The molecule has 1 unspecified atom stereocenters. The Bertz CT molecular complexity index is 656. The average molecular weight is 312 g/mol. The van der Waals surface area contributed by atoms with Gasteiger partial charge in [-0.05, 0) is 30.5 Å². The van der Waals surface area contributed by atoms with Crippen molar-refractivity contribution < 1.29 is 23.1 Å². The summed E-state index contributed by atoms with van der Waals surface area (Å²) in [5.74, 6) is -1.81. The Morgan fingerprint density at radius 3 is 2.86 bits per heavy atom. The second-order valence-corrected chi connectivity index (χ2v) is 6.62. The van der Waals surface area contributed by atoms with Crippen LogP contribution in [0.2, 0.25) is 0 Å². The van der Waals surface area contributed by atoms with Gasteiger partial charge in [-0.3, -0.25) is 4.79 Å². The second kappa shape index (κ2) is 6.23. The monoisotopic (exact) mass is 312 g/mol. The lowest BCUT2D eigenvalue weighted by Crippen LogP contribution is -2.50. The van der Waals surface area contributed by atoms with Crippen molar-refractivity contribution in [3.05, 3.63) is 35.4 Å². The maximum absolute atomic E-state index is 12.1. The topological polar surface area (TPSA) is 113 Å². The second-order valence-electron chi connectivity index (χ2n) is 4.87. The number of carboxylic acid groups (broad SMARTS) is 1. The number of carbonyl (C=O) groups excluding carboxylic acids is 1. The number of piperidine rings is 1. The van der Waals surface area contributed by atoms with Gasteiger partial charge in [-0.1, -0.05) is 12.1 Å². The summed E-state index contributed by atoms with van der Waals surface area (Å²) in [5, 5.41) is 11.5. The van der Waals surface area contributed by atoms with E-state index in [0.29, 0.717) is 24.9 Å². The van der Waals surface area contributed by atoms with Gasteiger partial charge in [-0.25, -0.2) is 17.9 Å². The summed E-state index contributed by atoms with van der Waals surface area (Å²) in [4.78, 5) is 22.4.